The molecule has 0 aromatic heterocycles. The number of carbonyl (C=O) groups is 3. The lowest BCUT2D eigenvalue weighted by Gasteiger charge is -2.24. The van der Waals surface area contributed by atoms with E-state index in [-0.39, 0.29) is 28.6 Å². The van der Waals surface area contributed by atoms with Crippen LogP contribution in [0.2, 0.25) is 0 Å². The number of rotatable bonds is 5. The largest absolute Gasteiger partial charge is 0.496 e. The SMILES string of the molecule is COC(=O)c1cccc(OC)c1C(=O)Oc1cccc2c1CCC(C(C)=O)C2. The monoisotopic (exact) mass is 382 g/mol. The maximum Gasteiger partial charge on any atom is 0.348 e. The molecule has 1 aliphatic carbocycles. The summed E-state index contributed by atoms with van der Waals surface area (Å²) in [7, 11) is 2.66. The first-order valence-electron chi connectivity index (χ1n) is 9.05. The molecule has 0 bridgehead atoms. The minimum Gasteiger partial charge on any atom is -0.496 e. The Balaban J connectivity index is 1.94. The third-order valence-corrected chi connectivity index (χ3v) is 5.07. The van der Waals surface area contributed by atoms with Crippen molar-refractivity contribution >= 4 is 17.7 Å². The number of fused-ring (bicyclic) bond motifs is 1. The Bertz CT molecular complexity index is 931. The van der Waals surface area contributed by atoms with Gasteiger partial charge in [-0.1, -0.05) is 18.2 Å². The first-order valence-corrected chi connectivity index (χ1v) is 9.05. The average Bonchev–Trinajstić information content (AvgIpc) is 2.72. The number of esters is 2. The van der Waals surface area contributed by atoms with Crippen molar-refractivity contribution in [2.24, 2.45) is 5.92 Å². The van der Waals surface area contributed by atoms with E-state index in [0.717, 1.165) is 17.5 Å². The standard InChI is InChI=1S/C22H22O6/c1-13(23)14-10-11-16-15(12-14)6-4-8-18(16)28-22(25)20-17(21(24)27-3)7-5-9-19(20)26-2/h4-9,14H,10-12H2,1-3H3. The van der Waals surface area contributed by atoms with Gasteiger partial charge in [-0.25, -0.2) is 9.59 Å². The van der Waals surface area contributed by atoms with Crippen molar-refractivity contribution in [2.45, 2.75) is 26.2 Å². The topological polar surface area (TPSA) is 78.9 Å². The second kappa shape index (κ2) is 8.25. The number of Topliss-reactive ketones (excluding diaryl/α,β-unsaturated/α-hetero) is 1. The van der Waals surface area contributed by atoms with Gasteiger partial charge in [0.05, 0.1) is 19.8 Å². The van der Waals surface area contributed by atoms with Gasteiger partial charge in [0.2, 0.25) is 0 Å². The van der Waals surface area contributed by atoms with Crippen LogP contribution in [-0.4, -0.2) is 31.9 Å². The fourth-order valence-electron chi connectivity index (χ4n) is 3.56. The molecule has 6 heteroatoms. The molecule has 28 heavy (non-hydrogen) atoms. The lowest BCUT2D eigenvalue weighted by molar-refractivity contribution is -0.121. The van der Waals surface area contributed by atoms with Crippen LogP contribution < -0.4 is 9.47 Å². The third kappa shape index (κ3) is 3.76. The number of methoxy groups -OCH3 is 2. The molecule has 0 N–H and O–H groups in total. The summed E-state index contributed by atoms with van der Waals surface area (Å²) in [6.07, 6.45) is 2.01. The van der Waals surface area contributed by atoms with Gasteiger partial charge in [-0.15, -0.1) is 0 Å². The van der Waals surface area contributed by atoms with Crippen molar-refractivity contribution in [3.63, 3.8) is 0 Å². The van der Waals surface area contributed by atoms with Crippen molar-refractivity contribution < 1.29 is 28.6 Å². The molecule has 0 heterocycles. The summed E-state index contributed by atoms with van der Waals surface area (Å²) in [5.41, 5.74) is 2.02. The molecule has 2 aromatic rings. The summed E-state index contributed by atoms with van der Waals surface area (Å²) in [5, 5.41) is 0. The Kier molecular flexibility index (Phi) is 5.78. The predicted molar refractivity (Wildman–Crippen MR) is 102 cm³/mol. The Labute approximate surface area is 163 Å². The fourth-order valence-corrected chi connectivity index (χ4v) is 3.56. The fraction of sp³-hybridized carbons (Fsp3) is 0.318. The minimum atomic E-state index is -0.694. The maximum absolute atomic E-state index is 12.9. The van der Waals surface area contributed by atoms with E-state index in [0.29, 0.717) is 18.6 Å². The second-order valence-electron chi connectivity index (χ2n) is 6.71. The second-order valence-corrected chi connectivity index (χ2v) is 6.71. The lowest BCUT2D eigenvalue weighted by Crippen LogP contribution is -2.22. The molecule has 0 saturated carbocycles. The molecule has 1 aliphatic rings. The number of ether oxygens (including phenoxy) is 3. The molecule has 0 amide bonds. The lowest BCUT2D eigenvalue weighted by atomic mass is 9.82. The summed E-state index contributed by atoms with van der Waals surface area (Å²) in [6.45, 7) is 1.61. The highest BCUT2D eigenvalue weighted by atomic mass is 16.5. The van der Waals surface area contributed by atoms with Crippen LogP contribution in [0.25, 0.3) is 0 Å². The smallest absolute Gasteiger partial charge is 0.348 e. The van der Waals surface area contributed by atoms with Crippen molar-refractivity contribution in [1.82, 2.24) is 0 Å². The van der Waals surface area contributed by atoms with Gasteiger partial charge in [0.25, 0.3) is 0 Å². The van der Waals surface area contributed by atoms with Gasteiger partial charge in [0.1, 0.15) is 22.8 Å². The molecule has 2 aromatic carbocycles. The number of carbonyl (C=O) groups excluding carboxylic acids is 3. The quantitative estimate of drug-likeness (QED) is 0.583. The van der Waals surface area contributed by atoms with Gasteiger partial charge in [0, 0.05) is 5.92 Å². The highest BCUT2D eigenvalue weighted by Gasteiger charge is 2.27. The molecule has 0 aliphatic heterocycles. The Morgan fingerprint density at radius 3 is 2.36 bits per heavy atom. The van der Waals surface area contributed by atoms with E-state index in [1.807, 2.05) is 6.07 Å². The Morgan fingerprint density at radius 1 is 0.964 bits per heavy atom. The Morgan fingerprint density at radius 2 is 1.68 bits per heavy atom. The molecule has 0 spiro atoms. The van der Waals surface area contributed by atoms with Crippen molar-refractivity contribution in [3.05, 3.63) is 58.7 Å². The molecule has 0 fully saturated rings. The molecule has 0 saturated heterocycles. The Hall–Kier alpha value is -3.15. The van der Waals surface area contributed by atoms with Gasteiger partial charge in [0.15, 0.2) is 0 Å². The third-order valence-electron chi connectivity index (χ3n) is 5.07. The molecule has 6 nitrogen and oxygen atoms in total. The number of hydrogen-bond acceptors (Lipinski definition) is 6. The zero-order valence-corrected chi connectivity index (χ0v) is 16.1. The van der Waals surface area contributed by atoms with E-state index < -0.39 is 11.9 Å². The summed E-state index contributed by atoms with van der Waals surface area (Å²) >= 11 is 0. The highest BCUT2D eigenvalue weighted by Crippen LogP contribution is 2.34. The molecule has 0 radical (unpaired) electrons. The summed E-state index contributed by atoms with van der Waals surface area (Å²) < 4.78 is 15.7. The van der Waals surface area contributed by atoms with Crippen molar-refractivity contribution in [3.8, 4) is 11.5 Å². The van der Waals surface area contributed by atoms with Crippen molar-refractivity contribution in [1.29, 1.82) is 0 Å². The normalized spacial score (nSPS) is 15.3. The summed E-state index contributed by atoms with van der Waals surface area (Å²) in [4.78, 5) is 36.7. The van der Waals surface area contributed by atoms with E-state index in [2.05, 4.69) is 0 Å². The molecule has 3 rings (SSSR count). The van der Waals surface area contributed by atoms with Crippen LogP contribution in [0.4, 0.5) is 0 Å². The van der Waals surface area contributed by atoms with Crippen LogP contribution >= 0.6 is 0 Å². The van der Waals surface area contributed by atoms with Crippen LogP contribution in [-0.2, 0) is 22.4 Å². The van der Waals surface area contributed by atoms with Gasteiger partial charge in [-0.05, 0) is 55.5 Å². The summed E-state index contributed by atoms with van der Waals surface area (Å²) in [5.74, 6) is -0.505. The zero-order valence-electron chi connectivity index (χ0n) is 16.1. The highest BCUT2D eigenvalue weighted by molar-refractivity contribution is 6.05. The molecule has 146 valence electrons. The number of benzene rings is 2. The molecule has 1 unspecified atom stereocenters. The minimum absolute atomic E-state index is 0.00130. The first-order chi connectivity index (χ1) is 13.5. The van der Waals surface area contributed by atoms with E-state index in [1.165, 1.54) is 20.3 Å². The van der Waals surface area contributed by atoms with Crippen LogP contribution in [0.1, 0.15) is 45.2 Å². The number of ketones is 1. The average molecular weight is 382 g/mol. The van der Waals surface area contributed by atoms with E-state index in [1.54, 1.807) is 31.2 Å². The zero-order chi connectivity index (χ0) is 20.3. The van der Waals surface area contributed by atoms with Crippen LogP contribution in [0, 0.1) is 5.92 Å². The van der Waals surface area contributed by atoms with Crippen LogP contribution in [0.3, 0.4) is 0 Å². The van der Waals surface area contributed by atoms with Gasteiger partial charge >= 0.3 is 11.9 Å². The summed E-state index contributed by atoms with van der Waals surface area (Å²) in [6, 6.07) is 10.1. The van der Waals surface area contributed by atoms with E-state index >= 15 is 0 Å². The molecule has 1 atom stereocenters. The van der Waals surface area contributed by atoms with Crippen LogP contribution in [0.5, 0.6) is 11.5 Å². The maximum atomic E-state index is 12.9. The van der Waals surface area contributed by atoms with Crippen molar-refractivity contribution in [2.75, 3.05) is 14.2 Å². The van der Waals surface area contributed by atoms with Gasteiger partial charge in [-0.3, -0.25) is 4.79 Å². The molecular weight excluding hydrogens is 360 g/mol. The first kappa shape index (κ1) is 19.6. The van der Waals surface area contributed by atoms with E-state index in [9.17, 15) is 14.4 Å². The van der Waals surface area contributed by atoms with Gasteiger partial charge in [-0.2, -0.15) is 0 Å². The van der Waals surface area contributed by atoms with Gasteiger partial charge < -0.3 is 14.2 Å². The molecular formula is C22H22O6. The predicted octanol–water partition coefficient (Wildman–Crippen LogP) is 3.39. The van der Waals surface area contributed by atoms with E-state index in [4.69, 9.17) is 14.2 Å². The van der Waals surface area contributed by atoms with Crippen LogP contribution in [0.15, 0.2) is 36.4 Å². The number of hydrogen-bond donors (Lipinski definition) is 0.